The van der Waals surface area contributed by atoms with Crippen molar-refractivity contribution >= 4 is 50.9 Å². The number of hydrogen-bond acceptors (Lipinski definition) is 10. The van der Waals surface area contributed by atoms with Crippen LogP contribution in [-0.4, -0.2) is 50.2 Å². The predicted molar refractivity (Wildman–Crippen MR) is 163 cm³/mol. The maximum Gasteiger partial charge on any atom is 0.338 e. The van der Waals surface area contributed by atoms with E-state index in [-0.39, 0.29) is 24.5 Å². The van der Waals surface area contributed by atoms with Crippen LogP contribution >= 0.6 is 27.3 Å². The molecule has 3 aliphatic heterocycles. The maximum absolute atomic E-state index is 14.2. The lowest BCUT2D eigenvalue weighted by atomic mass is 9.93. The number of morpholine rings is 1. The van der Waals surface area contributed by atoms with E-state index in [1.54, 1.807) is 29.7 Å². The summed E-state index contributed by atoms with van der Waals surface area (Å²) in [4.78, 5) is 35.3. The minimum Gasteiger partial charge on any atom is -0.463 e. The molecule has 0 N–H and O–H groups in total. The Hall–Kier alpha value is -4.13. The number of aromatic nitrogens is 1. The third-order valence-corrected chi connectivity index (χ3v) is 8.90. The van der Waals surface area contributed by atoms with Gasteiger partial charge in [0.1, 0.15) is 5.76 Å². The van der Waals surface area contributed by atoms with Crippen LogP contribution in [-0.2, 0) is 14.3 Å². The van der Waals surface area contributed by atoms with E-state index in [9.17, 15) is 9.59 Å². The number of benzene rings is 2. The van der Waals surface area contributed by atoms with Crippen LogP contribution in [0.5, 0.6) is 11.5 Å². The zero-order valence-corrected chi connectivity index (χ0v) is 25.5. The third-order valence-electron chi connectivity index (χ3n) is 7.35. The molecule has 7 rings (SSSR count). The highest BCUT2D eigenvalue weighted by molar-refractivity contribution is 9.10. The number of nitrogens with zero attached hydrogens (tertiary/aromatic N) is 3. The molecule has 43 heavy (non-hydrogen) atoms. The Labute approximate surface area is 258 Å². The van der Waals surface area contributed by atoms with Gasteiger partial charge < -0.3 is 28.3 Å². The smallest absolute Gasteiger partial charge is 0.338 e. The molecule has 0 radical (unpaired) electrons. The van der Waals surface area contributed by atoms with Gasteiger partial charge in [-0.05, 0) is 40.5 Å². The van der Waals surface area contributed by atoms with Crippen LogP contribution in [0.15, 0.2) is 78.8 Å². The second kappa shape index (κ2) is 11.5. The Balaban J connectivity index is 1.43. The van der Waals surface area contributed by atoms with Gasteiger partial charge in [0, 0.05) is 30.8 Å². The number of thiazole rings is 1. The van der Waals surface area contributed by atoms with E-state index in [0.717, 1.165) is 10.0 Å². The van der Waals surface area contributed by atoms with Gasteiger partial charge in [-0.3, -0.25) is 9.36 Å². The lowest BCUT2D eigenvalue weighted by Gasteiger charge is -2.26. The van der Waals surface area contributed by atoms with Gasteiger partial charge in [0.15, 0.2) is 16.3 Å². The summed E-state index contributed by atoms with van der Waals surface area (Å²) in [7, 11) is 0. The van der Waals surface area contributed by atoms with Crippen molar-refractivity contribution in [3.8, 4) is 11.5 Å². The maximum atomic E-state index is 14.2. The first kappa shape index (κ1) is 27.7. The molecule has 5 heterocycles. The standard InChI is InChI=1S/C31H26BrN3O7S/c1-2-39-30(37)25-26(18-6-4-3-5-7-18)33-31-35(27(25)19-8-9-22-23(14-19)41-17-40-22)28(36)24(43-31)16-20-15-21(32)29(42-20)34-10-12-38-13-11-34/h3-9,14-16,27H,2,10-13,17H2,1H3/b24-16+/t27-/m1/s1. The Bertz CT molecular complexity index is 1920. The van der Waals surface area contributed by atoms with Crippen LogP contribution in [0.25, 0.3) is 11.8 Å². The number of rotatable bonds is 6. The van der Waals surface area contributed by atoms with E-state index >= 15 is 0 Å². The number of halogens is 1. The van der Waals surface area contributed by atoms with E-state index in [2.05, 4.69) is 20.8 Å². The summed E-state index contributed by atoms with van der Waals surface area (Å²) < 4.78 is 31.1. The number of hydrogen-bond donors (Lipinski definition) is 0. The average molecular weight is 665 g/mol. The molecular weight excluding hydrogens is 638 g/mol. The van der Waals surface area contributed by atoms with Gasteiger partial charge in [0.2, 0.25) is 12.7 Å². The number of ether oxygens (including phenoxy) is 4. The van der Waals surface area contributed by atoms with E-state index in [1.807, 2.05) is 42.5 Å². The van der Waals surface area contributed by atoms with Crippen molar-refractivity contribution in [3.63, 3.8) is 0 Å². The third kappa shape index (κ3) is 5.09. The van der Waals surface area contributed by atoms with Crippen LogP contribution in [0.4, 0.5) is 5.88 Å². The number of carbonyl (C=O) groups is 1. The summed E-state index contributed by atoms with van der Waals surface area (Å²) in [5.74, 6) is 1.80. The van der Waals surface area contributed by atoms with Gasteiger partial charge in [-0.15, -0.1) is 0 Å². The quantitative estimate of drug-likeness (QED) is 0.287. The molecule has 0 unspecified atom stereocenters. The van der Waals surface area contributed by atoms with Crippen molar-refractivity contribution in [3.05, 3.63) is 101 Å². The molecule has 0 amide bonds. The van der Waals surface area contributed by atoms with Crippen molar-refractivity contribution in [1.82, 2.24) is 4.57 Å². The molecule has 2 aromatic heterocycles. The number of furan rings is 1. The van der Waals surface area contributed by atoms with Crippen molar-refractivity contribution in [2.75, 3.05) is 44.6 Å². The molecular formula is C31H26BrN3O7S. The number of anilines is 1. The molecule has 1 fully saturated rings. The fraction of sp³-hybridized carbons (Fsp3) is 0.258. The summed E-state index contributed by atoms with van der Waals surface area (Å²) in [5, 5.41) is 0. The van der Waals surface area contributed by atoms with E-state index in [1.165, 1.54) is 11.3 Å². The summed E-state index contributed by atoms with van der Waals surface area (Å²) in [5.41, 5.74) is 1.81. The molecule has 0 spiro atoms. The summed E-state index contributed by atoms with van der Waals surface area (Å²) >= 11 is 4.84. The molecule has 3 aliphatic rings. The molecule has 1 atom stereocenters. The number of carbonyl (C=O) groups excluding carboxylic acids is 1. The first-order valence-electron chi connectivity index (χ1n) is 13.8. The molecule has 12 heteroatoms. The predicted octanol–water partition coefficient (Wildman–Crippen LogP) is 3.86. The molecule has 4 aromatic rings. The lowest BCUT2D eigenvalue weighted by molar-refractivity contribution is -0.138. The molecule has 220 valence electrons. The minimum atomic E-state index is -0.825. The highest BCUT2D eigenvalue weighted by atomic mass is 79.9. The normalized spacial score (nSPS) is 18.0. The molecule has 0 saturated carbocycles. The Kier molecular flexibility index (Phi) is 7.41. The SMILES string of the molecule is CCOC(=O)C1=C(c2ccccc2)N=c2s/c(=C/c3cc(Br)c(N4CCOCC4)o3)c(=O)n2[C@@H]1c1ccc2c(c1)OCO2. The van der Waals surface area contributed by atoms with Crippen LogP contribution in [0, 0.1) is 0 Å². The van der Waals surface area contributed by atoms with Crippen LogP contribution in [0.2, 0.25) is 0 Å². The fourth-order valence-electron chi connectivity index (χ4n) is 5.40. The van der Waals surface area contributed by atoms with Crippen molar-refractivity contribution < 1.29 is 28.2 Å². The summed E-state index contributed by atoms with van der Waals surface area (Å²) in [6.45, 7) is 4.67. The van der Waals surface area contributed by atoms with Gasteiger partial charge >= 0.3 is 5.97 Å². The van der Waals surface area contributed by atoms with Gasteiger partial charge in [-0.2, -0.15) is 0 Å². The van der Waals surface area contributed by atoms with E-state index in [4.69, 9.17) is 28.4 Å². The topological polar surface area (TPSA) is 105 Å². The van der Waals surface area contributed by atoms with Crippen molar-refractivity contribution in [2.45, 2.75) is 13.0 Å². The summed E-state index contributed by atoms with van der Waals surface area (Å²) in [6, 6.07) is 15.9. The lowest BCUT2D eigenvalue weighted by Crippen LogP contribution is -2.40. The molecule has 10 nitrogen and oxygen atoms in total. The second-order valence-corrected chi connectivity index (χ2v) is 11.8. The number of fused-ring (bicyclic) bond motifs is 2. The summed E-state index contributed by atoms with van der Waals surface area (Å²) in [6.07, 6.45) is 1.71. The fourth-order valence-corrected chi connectivity index (χ4v) is 6.94. The van der Waals surface area contributed by atoms with E-state index in [0.29, 0.717) is 70.0 Å². The Morgan fingerprint density at radius 3 is 2.70 bits per heavy atom. The molecule has 2 aromatic carbocycles. The first-order valence-corrected chi connectivity index (χ1v) is 15.4. The Morgan fingerprint density at radius 1 is 1.12 bits per heavy atom. The molecule has 0 aliphatic carbocycles. The van der Waals surface area contributed by atoms with Crippen LogP contribution in [0.3, 0.4) is 0 Å². The van der Waals surface area contributed by atoms with Crippen LogP contribution in [0.1, 0.15) is 29.9 Å². The Morgan fingerprint density at radius 2 is 1.91 bits per heavy atom. The average Bonchev–Trinajstić information content (AvgIpc) is 3.74. The second-order valence-electron chi connectivity index (χ2n) is 9.95. The number of esters is 1. The monoisotopic (exact) mass is 663 g/mol. The highest BCUT2D eigenvalue weighted by Crippen LogP contribution is 2.40. The van der Waals surface area contributed by atoms with Crippen molar-refractivity contribution in [1.29, 1.82) is 0 Å². The highest BCUT2D eigenvalue weighted by Gasteiger charge is 2.36. The zero-order chi connectivity index (χ0) is 29.5. The first-order chi connectivity index (χ1) is 21.0. The minimum absolute atomic E-state index is 0.0997. The van der Waals surface area contributed by atoms with Crippen LogP contribution < -0.4 is 29.3 Å². The van der Waals surface area contributed by atoms with E-state index < -0.39 is 12.0 Å². The van der Waals surface area contributed by atoms with Gasteiger partial charge in [-0.25, -0.2) is 9.79 Å². The van der Waals surface area contributed by atoms with Gasteiger partial charge in [0.25, 0.3) is 5.56 Å². The largest absolute Gasteiger partial charge is 0.463 e. The van der Waals surface area contributed by atoms with Gasteiger partial charge in [0.05, 0.1) is 46.1 Å². The molecule has 1 saturated heterocycles. The zero-order valence-electron chi connectivity index (χ0n) is 23.1. The van der Waals surface area contributed by atoms with Gasteiger partial charge in [-0.1, -0.05) is 47.7 Å². The molecule has 0 bridgehead atoms. The van der Waals surface area contributed by atoms with Crippen molar-refractivity contribution in [2.24, 2.45) is 4.99 Å².